The Hall–Kier alpha value is -3.02. The van der Waals surface area contributed by atoms with Gasteiger partial charge in [0.1, 0.15) is 5.82 Å². The maximum atomic E-state index is 13.4. The van der Waals surface area contributed by atoms with Crippen LogP contribution >= 0.6 is 0 Å². The average molecular weight is 341 g/mol. The minimum absolute atomic E-state index is 0.00646. The first-order valence-electron chi connectivity index (χ1n) is 8.03. The van der Waals surface area contributed by atoms with Crippen LogP contribution in [0, 0.1) is 5.82 Å². The van der Waals surface area contributed by atoms with Crippen molar-refractivity contribution in [2.45, 2.75) is 26.2 Å². The third-order valence-corrected chi connectivity index (χ3v) is 3.52. The van der Waals surface area contributed by atoms with E-state index in [4.69, 9.17) is 0 Å². The largest absolute Gasteiger partial charge is 0.326 e. The molecule has 130 valence electrons. The summed E-state index contributed by atoms with van der Waals surface area (Å²) in [5, 5.41) is 6.42. The number of carbonyl (C=O) groups excluding carboxylic acids is 2. The van der Waals surface area contributed by atoms with Gasteiger partial charge in [-0.25, -0.2) is 9.82 Å². The summed E-state index contributed by atoms with van der Waals surface area (Å²) in [6, 6.07) is 13.6. The van der Waals surface area contributed by atoms with Crippen LogP contribution in [-0.2, 0) is 16.0 Å². The Morgan fingerprint density at radius 2 is 1.72 bits per heavy atom. The number of aryl methyl sites for hydroxylation is 1. The summed E-state index contributed by atoms with van der Waals surface area (Å²) in [6.07, 6.45) is 2.19. The number of halogens is 1. The van der Waals surface area contributed by atoms with Crippen molar-refractivity contribution in [3.8, 4) is 0 Å². The van der Waals surface area contributed by atoms with E-state index in [1.54, 1.807) is 18.2 Å². The normalized spacial score (nSPS) is 10.6. The molecule has 0 radical (unpaired) electrons. The predicted octanol–water partition coefficient (Wildman–Crippen LogP) is 3.26. The molecule has 25 heavy (non-hydrogen) atoms. The quantitative estimate of drug-likeness (QED) is 0.599. The molecule has 0 bridgehead atoms. The zero-order chi connectivity index (χ0) is 18.1. The molecule has 0 saturated heterocycles. The molecular weight excluding hydrogens is 321 g/mol. The lowest BCUT2D eigenvalue weighted by Crippen LogP contribution is -2.20. The van der Waals surface area contributed by atoms with Crippen molar-refractivity contribution in [1.82, 2.24) is 5.43 Å². The number of hydrazone groups is 1. The molecule has 2 aromatic carbocycles. The smallest absolute Gasteiger partial charge is 0.240 e. The van der Waals surface area contributed by atoms with Gasteiger partial charge in [0, 0.05) is 24.1 Å². The van der Waals surface area contributed by atoms with Crippen molar-refractivity contribution in [3.05, 3.63) is 65.5 Å². The molecule has 0 aliphatic rings. The molecule has 0 heterocycles. The Labute approximate surface area is 145 Å². The van der Waals surface area contributed by atoms with E-state index in [9.17, 15) is 14.0 Å². The van der Waals surface area contributed by atoms with Crippen molar-refractivity contribution in [2.24, 2.45) is 5.10 Å². The van der Waals surface area contributed by atoms with Crippen LogP contribution in [0.1, 0.15) is 30.9 Å². The summed E-state index contributed by atoms with van der Waals surface area (Å²) >= 11 is 0. The molecule has 0 fully saturated rings. The number of hydrogen-bond donors (Lipinski definition) is 2. The summed E-state index contributed by atoms with van der Waals surface area (Å²) in [5.74, 6) is -1.09. The Balaban J connectivity index is 1.73. The lowest BCUT2D eigenvalue weighted by atomic mass is 10.1. The highest BCUT2D eigenvalue weighted by Crippen LogP contribution is 2.10. The highest BCUT2D eigenvalue weighted by Gasteiger charge is 2.07. The molecule has 5 nitrogen and oxygen atoms in total. The molecule has 2 amide bonds. The molecule has 0 spiro atoms. The maximum Gasteiger partial charge on any atom is 0.240 e. The monoisotopic (exact) mass is 341 g/mol. The fraction of sp³-hybridized carbons (Fsp3) is 0.211. The fourth-order valence-electron chi connectivity index (χ4n) is 2.08. The van der Waals surface area contributed by atoms with Gasteiger partial charge in [-0.2, -0.15) is 5.10 Å². The van der Waals surface area contributed by atoms with E-state index >= 15 is 0 Å². The van der Waals surface area contributed by atoms with Gasteiger partial charge < -0.3 is 5.32 Å². The standard InChI is InChI=1S/C19H20FN3O2/c1-2-14-7-9-16(10-8-14)22-18(24)11-12-19(25)23-21-13-15-5-3-4-6-17(15)20/h3-10,13H,2,11-12H2,1H3,(H,22,24)(H,23,25). The first-order chi connectivity index (χ1) is 12.1. The van der Waals surface area contributed by atoms with Crippen LogP contribution in [0.15, 0.2) is 53.6 Å². The van der Waals surface area contributed by atoms with Gasteiger partial charge in [0.2, 0.25) is 11.8 Å². The summed E-state index contributed by atoms with van der Waals surface area (Å²) in [5.41, 5.74) is 4.43. The molecular formula is C19H20FN3O2. The van der Waals surface area contributed by atoms with Crippen molar-refractivity contribution < 1.29 is 14.0 Å². The fourth-order valence-corrected chi connectivity index (χ4v) is 2.08. The van der Waals surface area contributed by atoms with Crippen molar-refractivity contribution in [3.63, 3.8) is 0 Å². The molecule has 0 aliphatic carbocycles. The van der Waals surface area contributed by atoms with Gasteiger partial charge in [0.25, 0.3) is 0 Å². The second-order valence-corrected chi connectivity index (χ2v) is 5.41. The van der Waals surface area contributed by atoms with Crippen LogP contribution in [0.4, 0.5) is 10.1 Å². The third kappa shape index (κ3) is 6.18. The van der Waals surface area contributed by atoms with Gasteiger partial charge in [0.15, 0.2) is 0 Å². The highest BCUT2D eigenvalue weighted by molar-refractivity contribution is 5.93. The van der Waals surface area contributed by atoms with E-state index < -0.39 is 11.7 Å². The lowest BCUT2D eigenvalue weighted by molar-refractivity contribution is -0.124. The average Bonchev–Trinajstić information content (AvgIpc) is 2.62. The number of anilines is 1. The molecule has 0 saturated carbocycles. The van der Waals surface area contributed by atoms with E-state index in [2.05, 4.69) is 22.8 Å². The minimum atomic E-state index is -0.422. The molecule has 2 rings (SSSR count). The number of carbonyl (C=O) groups is 2. The predicted molar refractivity (Wildman–Crippen MR) is 95.8 cm³/mol. The number of nitrogens with zero attached hydrogens (tertiary/aromatic N) is 1. The van der Waals surface area contributed by atoms with Crippen molar-refractivity contribution in [1.29, 1.82) is 0 Å². The molecule has 0 unspecified atom stereocenters. The molecule has 0 aromatic heterocycles. The first-order valence-corrected chi connectivity index (χ1v) is 8.03. The van der Waals surface area contributed by atoms with E-state index in [0.29, 0.717) is 5.69 Å². The van der Waals surface area contributed by atoms with Gasteiger partial charge >= 0.3 is 0 Å². The summed E-state index contributed by atoms with van der Waals surface area (Å²) < 4.78 is 13.4. The molecule has 0 atom stereocenters. The van der Waals surface area contributed by atoms with Crippen molar-refractivity contribution >= 4 is 23.7 Å². The zero-order valence-electron chi connectivity index (χ0n) is 14.0. The number of benzene rings is 2. The maximum absolute atomic E-state index is 13.4. The molecule has 2 aromatic rings. The van der Waals surface area contributed by atoms with Crippen molar-refractivity contribution in [2.75, 3.05) is 5.32 Å². The Kier molecular flexibility index (Phi) is 6.83. The second kappa shape index (κ2) is 9.32. The van der Waals surface area contributed by atoms with Gasteiger partial charge in [-0.15, -0.1) is 0 Å². The summed E-state index contributed by atoms with van der Waals surface area (Å²) in [4.78, 5) is 23.5. The first kappa shape index (κ1) is 18.3. The van der Waals surface area contributed by atoms with Gasteiger partial charge in [-0.3, -0.25) is 9.59 Å². The summed E-state index contributed by atoms with van der Waals surface area (Å²) in [7, 11) is 0. The topological polar surface area (TPSA) is 70.6 Å². The third-order valence-electron chi connectivity index (χ3n) is 3.52. The van der Waals surface area contributed by atoms with Crippen LogP contribution in [0.5, 0.6) is 0 Å². The van der Waals surface area contributed by atoms with E-state index in [0.717, 1.165) is 6.42 Å². The van der Waals surface area contributed by atoms with Crippen LogP contribution < -0.4 is 10.7 Å². The van der Waals surface area contributed by atoms with E-state index in [-0.39, 0.29) is 24.3 Å². The van der Waals surface area contributed by atoms with Gasteiger partial charge in [-0.05, 0) is 30.2 Å². The zero-order valence-corrected chi connectivity index (χ0v) is 14.0. The van der Waals surface area contributed by atoms with Crippen LogP contribution in [0.25, 0.3) is 0 Å². The summed E-state index contributed by atoms with van der Waals surface area (Å²) in [6.45, 7) is 2.06. The number of nitrogens with one attached hydrogen (secondary N) is 2. The highest BCUT2D eigenvalue weighted by atomic mass is 19.1. The van der Waals surface area contributed by atoms with Crippen LogP contribution in [-0.4, -0.2) is 18.0 Å². The number of amides is 2. The van der Waals surface area contributed by atoms with Gasteiger partial charge in [-0.1, -0.05) is 37.3 Å². The Morgan fingerprint density at radius 3 is 2.40 bits per heavy atom. The molecule has 2 N–H and O–H groups in total. The van der Waals surface area contributed by atoms with Gasteiger partial charge in [0.05, 0.1) is 6.21 Å². The van der Waals surface area contributed by atoms with Crippen LogP contribution in [0.2, 0.25) is 0 Å². The SMILES string of the molecule is CCc1ccc(NC(=O)CCC(=O)NN=Cc2ccccc2F)cc1. The second-order valence-electron chi connectivity index (χ2n) is 5.41. The molecule has 6 heteroatoms. The van der Waals surface area contributed by atoms with E-state index in [1.807, 2.05) is 24.3 Å². The minimum Gasteiger partial charge on any atom is -0.326 e. The molecule has 0 aliphatic heterocycles. The number of rotatable bonds is 7. The van der Waals surface area contributed by atoms with E-state index in [1.165, 1.54) is 17.8 Å². The van der Waals surface area contributed by atoms with Crippen LogP contribution in [0.3, 0.4) is 0 Å². The Morgan fingerprint density at radius 1 is 1.04 bits per heavy atom. The Bertz CT molecular complexity index is 758. The lowest BCUT2D eigenvalue weighted by Gasteiger charge is -2.05. The number of hydrogen-bond acceptors (Lipinski definition) is 3.